The molecule has 2 nitrogen and oxygen atoms in total. The molecule has 0 aliphatic heterocycles. The molecule has 0 aliphatic rings. The van der Waals surface area contributed by atoms with Crippen molar-refractivity contribution in [2.75, 3.05) is 10.7 Å². The monoisotopic (exact) mass is 244 g/mol. The predicted octanol–water partition coefficient (Wildman–Crippen LogP) is 0.998. The molecule has 0 saturated carbocycles. The van der Waals surface area contributed by atoms with E-state index in [0.717, 1.165) is 10.7 Å². The Bertz CT molecular complexity index is 54.8. The Balaban J connectivity index is 3.58. The fourth-order valence-electron chi connectivity index (χ4n) is 0.113. The smallest absolute Gasteiger partial charge is 0.0486 e. The average Bonchev–Trinajstić information content (AvgIpc) is 1.87. The largest absolute Gasteiger partial charge is 0.271 e. The van der Waals surface area contributed by atoms with E-state index in [1.54, 1.807) is 0 Å². The van der Waals surface area contributed by atoms with Crippen molar-refractivity contribution in [3.05, 3.63) is 0 Å². The second-order valence-corrected chi connectivity index (χ2v) is 3.09. The normalized spacial score (nSPS) is 12.0. The molecule has 0 aromatic rings. The van der Waals surface area contributed by atoms with Gasteiger partial charge in [0.05, 0.1) is 0 Å². The number of hydrogen-bond donors (Lipinski definition) is 2. The lowest BCUT2D eigenvalue weighted by molar-refractivity contribution is 0.461. The average molecular weight is 246 g/mol. The van der Waals surface area contributed by atoms with Crippen molar-refractivity contribution in [2.45, 2.75) is 12.5 Å². The second kappa shape index (κ2) is 3.82. The van der Waals surface area contributed by atoms with Gasteiger partial charge in [-0.3, -0.25) is 11.3 Å². The molecule has 8 heavy (non-hydrogen) atoms. The minimum absolute atomic E-state index is 0.0139. The van der Waals surface area contributed by atoms with Gasteiger partial charge in [0.1, 0.15) is 0 Å². The third-order valence-corrected chi connectivity index (χ3v) is 3.41. The van der Waals surface area contributed by atoms with Crippen molar-refractivity contribution in [3.63, 3.8) is 0 Å². The molecule has 0 saturated heterocycles. The zero-order chi connectivity index (χ0) is 6.62. The first-order valence-electron chi connectivity index (χ1n) is 2.28. The Labute approximate surface area is 66.4 Å². The van der Waals surface area contributed by atoms with Gasteiger partial charge in [-0.15, -0.1) is 0 Å². The number of nitrogens with one attached hydrogen (secondary N) is 1. The Morgan fingerprint density at radius 1 is 1.50 bits per heavy atom. The topological polar surface area (TPSA) is 38.0 Å². The maximum Gasteiger partial charge on any atom is 0.0486 e. The molecule has 0 amide bonds. The summed E-state index contributed by atoms with van der Waals surface area (Å²) >= 11 is 6.64. The van der Waals surface area contributed by atoms with Crippen LogP contribution in [0.4, 0.5) is 0 Å². The van der Waals surface area contributed by atoms with Gasteiger partial charge in [0.2, 0.25) is 0 Å². The van der Waals surface area contributed by atoms with Gasteiger partial charge in [0, 0.05) is 16.2 Å². The van der Waals surface area contributed by atoms with Crippen LogP contribution < -0.4 is 11.3 Å². The molecular formula is C4H10Br2N2. The molecular weight excluding hydrogens is 236 g/mol. The van der Waals surface area contributed by atoms with E-state index < -0.39 is 0 Å². The maximum atomic E-state index is 5.22. The molecule has 0 aliphatic carbocycles. The minimum atomic E-state index is -0.0139. The predicted molar refractivity (Wildman–Crippen MR) is 43.3 cm³/mol. The molecule has 0 rings (SSSR count). The fourth-order valence-corrected chi connectivity index (χ4v) is 1.37. The van der Waals surface area contributed by atoms with E-state index in [1.807, 2.05) is 6.92 Å². The number of hydrogen-bond acceptors (Lipinski definition) is 2. The van der Waals surface area contributed by atoms with Crippen LogP contribution in [0, 0.1) is 0 Å². The Kier molecular flexibility index (Phi) is 4.24. The van der Waals surface area contributed by atoms with Crippen LogP contribution in [0.1, 0.15) is 6.92 Å². The lowest BCUT2D eigenvalue weighted by atomic mass is 10.1. The molecule has 3 N–H and O–H groups in total. The zero-order valence-electron chi connectivity index (χ0n) is 4.75. The third kappa shape index (κ3) is 2.44. The molecule has 0 radical (unpaired) electrons. The first-order chi connectivity index (χ1) is 3.68. The lowest BCUT2D eigenvalue weighted by Gasteiger charge is -2.22. The lowest BCUT2D eigenvalue weighted by Crippen LogP contribution is -2.49. The van der Waals surface area contributed by atoms with E-state index in [9.17, 15) is 0 Å². The molecule has 0 heterocycles. The van der Waals surface area contributed by atoms with Crippen LogP contribution in [-0.4, -0.2) is 16.2 Å². The summed E-state index contributed by atoms with van der Waals surface area (Å²) in [6, 6.07) is 0. The van der Waals surface area contributed by atoms with Crippen molar-refractivity contribution in [3.8, 4) is 0 Å². The van der Waals surface area contributed by atoms with Crippen LogP contribution in [0.3, 0.4) is 0 Å². The molecule has 0 unspecified atom stereocenters. The number of nitrogens with two attached hydrogens (primary N) is 1. The van der Waals surface area contributed by atoms with E-state index in [-0.39, 0.29) is 5.54 Å². The van der Waals surface area contributed by atoms with Crippen LogP contribution in [-0.2, 0) is 0 Å². The van der Waals surface area contributed by atoms with Crippen LogP contribution in [0.15, 0.2) is 0 Å². The molecule has 0 aromatic heterocycles. The summed E-state index contributed by atoms with van der Waals surface area (Å²) in [5, 5.41) is 1.70. The summed E-state index contributed by atoms with van der Waals surface area (Å²) in [6.45, 7) is 2.02. The number of alkyl halides is 2. The summed E-state index contributed by atoms with van der Waals surface area (Å²) in [4.78, 5) is 0. The molecule has 4 heteroatoms. The fraction of sp³-hybridized carbons (Fsp3) is 1.00. The second-order valence-electron chi connectivity index (χ2n) is 1.97. The summed E-state index contributed by atoms with van der Waals surface area (Å²) in [6.07, 6.45) is 0. The minimum Gasteiger partial charge on any atom is -0.271 e. The van der Waals surface area contributed by atoms with E-state index in [1.165, 1.54) is 0 Å². The van der Waals surface area contributed by atoms with Crippen LogP contribution >= 0.6 is 31.9 Å². The van der Waals surface area contributed by atoms with Crippen molar-refractivity contribution >= 4 is 31.9 Å². The molecule has 0 spiro atoms. The molecule has 0 atom stereocenters. The third-order valence-electron chi connectivity index (χ3n) is 0.938. The summed E-state index contributed by atoms with van der Waals surface area (Å²) in [5.41, 5.74) is 2.67. The molecule has 0 bridgehead atoms. The quantitative estimate of drug-likeness (QED) is 0.443. The molecule has 0 fully saturated rings. The highest BCUT2D eigenvalue weighted by Gasteiger charge is 2.17. The van der Waals surface area contributed by atoms with Gasteiger partial charge in [-0.1, -0.05) is 31.9 Å². The van der Waals surface area contributed by atoms with Gasteiger partial charge in [-0.2, -0.15) is 0 Å². The Morgan fingerprint density at radius 3 is 1.88 bits per heavy atom. The number of hydrazine groups is 1. The number of halogens is 2. The number of rotatable bonds is 3. The van der Waals surface area contributed by atoms with Gasteiger partial charge in [-0.05, 0) is 6.92 Å². The van der Waals surface area contributed by atoms with Crippen molar-refractivity contribution in [1.82, 2.24) is 5.43 Å². The SMILES string of the molecule is CC(CBr)(CBr)NN. The van der Waals surface area contributed by atoms with Gasteiger partial charge >= 0.3 is 0 Å². The van der Waals surface area contributed by atoms with Crippen LogP contribution in [0.2, 0.25) is 0 Å². The van der Waals surface area contributed by atoms with Crippen LogP contribution in [0.25, 0.3) is 0 Å². The van der Waals surface area contributed by atoms with E-state index >= 15 is 0 Å². The maximum absolute atomic E-state index is 5.22. The van der Waals surface area contributed by atoms with Crippen LogP contribution in [0.5, 0.6) is 0 Å². The van der Waals surface area contributed by atoms with E-state index in [0.29, 0.717) is 0 Å². The Hall–Kier alpha value is 0.880. The summed E-state index contributed by atoms with van der Waals surface area (Å²) in [7, 11) is 0. The highest BCUT2D eigenvalue weighted by Crippen LogP contribution is 2.08. The molecule has 50 valence electrons. The zero-order valence-corrected chi connectivity index (χ0v) is 7.92. The molecule has 0 aromatic carbocycles. The summed E-state index contributed by atoms with van der Waals surface area (Å²) in [5.74, 6) is 5.22. The standard InChI is InChI=1S/C4H10Br2N2/c1-4(2-5,3-6)8-7/h8H,2-3,7H2,1H3. The highest BCUT2D eigenvalue weighted by molar-refractivity contribution is 9.09. The van der Waals surface area contributed by atoms with Crippen molar-refractivity contribution in [1.29, 1.82) is 0 Å². The Morgan fingerprint density at radius 2 is 1.88 bits per heavy atom. The van der Waals surface area contributed by atoms with Gasteiger partial charge < -0.3 is 0 Å². The highest BCUT2D eigenvalue weighted by atomic mass is 79.9. The van der Waals surface area contributed by atoms with Crippen molar-refractivity contribution in [2.24, 2.45) is 5.84 Å². The van der Waals surface area contributed by atoms with Crippen molar-refractivity contribution < 1.29 is 0 Å². The van der Waals surface area contributed by atoms with Gasteiger partial charge in [-0.25, -0.2) is 0 Å². The first-order valence-corrected chi connectivity index (χ1v) is 4.52. The first kappa shape index (κ1) is 8.88. The van der Waals surface area contributed by atoms with E-state index in [2.05, 4.69) is 37.3 Å². The van der Waals surface area contributed by atoms with Gasteiger partial charge in [0.25, 0.3) is 0 Å². The summed E-state index contributed by atoms with van der Waals surface area (Å²) < 4.78 is 0. The van der Waals surface area contributed by atoms with E-state index in [4.69, 9.17) is 5.84 Å². The van der Waals surface area contributed by atoms with Gasteiger partial charge in [0.15, 0.2) is 0 Å².